The van der Waals surface area contributed by atoms with E-state index < -0.39 is 0 Å². The first-order chi connectivity index (χ1) is 13.5. The fourth-order valence-corrected chi connectivity index (χ4v) is 3.80. The van der Waals surface area contributed by atoms with E-state index in [-0.39, 0.29) is 30.1 Å². The van der Waals surface area contributed by atoms with Crippen molar-refractivity contribution >= 4 is 23.5 Å². The Balaban J connectivity index is 1.36. The summed E-state index contributed by atoms with van der Waals surface area (Å²) in [6.07, 6.45) is 2.15. The highest BCUT2D eigenvalue weighted by atomic mass is 16.6. The normalized spacial score (nSPS) is 20.8. The fraction of sp³-hybridized carbons (Fsp3) is 0.450. The van der Waals surface area contributed by atoms with Crippen LogP contribution in [0.25, 0.3) is 0 Å². The average molecular weight is 383 g/mol. The zero-order chi connectivity index (χ0) is 19.7. The summed E-state index contributed by atoms with van der Waals surface area (Å²) < 4.78 is 5.49. The van der Waals surface area contributed by atoms with Crippen LogP contribution >= 0.6 is 0 Å². The SMILES string of the molecule is CC(C)NC(=O)O[C@@H]1CC[C@H](c2cc(Nc3ccc4c(c3)C(=O)NC4)n[nH]2)C1. The standard InChI is InChI=1S/C20H25N5O3/c1-11(2)22-20(27)28-15-6-4-12(7-15)17-9-18(25-24-17)23-14-5-3-13-10-21-19(26)16(13)8-14/h3,5,8-9,11-12,15H,4,6-7,10H2,1-2H3,(H,21,26)(H,22,27)(H2,23,24,25)/t12-,15+/m0/s1. The molecule has 2 aliphatic rings. The molecule has 1 aromatic heterocycles. The number of ether oxygens (including phenoxy) is 1. The summed E-state index contributed by atoms with van der Waals surface area (Å²) in [7, 11) is 0. The summed E-state index contributed by atoms with van der Waals surface area (Å²) in [6, 6.07) is 7.79. The zero-order valence-corrected chi connectivity index (χ0v) is 16.0. The number of amides is 2. The molecule has 4 rings (SSSR count). The lowest BCUT2D eigenvalue weighted by Gasteiger charge is -2.14. The van der Waals surface area contributed by atoms with Crippen molar-refractivity contribution in [2.24, 2.45) is 0 Å². The molecule has 0 radical (unpaired) electrons. The summed E-state index contributed by atoms with van der Waals surface area (Å²) >= 11 is 0. The number of rotatable bonds is 5. The molecule has 8 nitrogen and oxygen atoms in total. The second kappa shape index (κ2) is 7.53. The van der Waals surface area contributed by atoms with Crippen LogP contribution in [0.3, 0.4) is 0 Å². The topological polar surface area (TPSA) is 108 Å². The number of hydrogen-bond donors (Lipinski definition) is 4. The quantitative estimate of drug-likeness (QED) is 0.634. The Hall–Kier alpha value is -3.03. The van der Waals surface area contributed by atoms with E-state index in [4.69, 9.17) is 4.74 Å². The van der Waals surface area contributed by atoms with Crippen molar-refractivity contribution in [1.82, 2.24) is 20.8 Å². The van der Waals surface area contributed by atoms with Crippen molar-refractivity contribution in [2.45, 2.75) is 57.7 Å². The van der Waals surface area contributed by atoms with E-state index in [1.165, 1.54) is 0 Å². The van der Waals surface area contributed by atoms with Crippen LogP contribution in [-0.2, 0) is 11.3 Å². The van der Waals surface area contributed by atoms with Gasteiger partial charge >= 0.3 is 6.09 Å². The van der Waals surface area contributed by atoms with Gasteiger partial charge in [-0.3, -0.25) is 9.89 Å². The molecule has 2 aromatic rings. The Bertz CT molecular complexity index is 892. The molecular weight excluding hydrogens is 358 g/mol. The first-order valence-electron chi connectivity index (χ1n) is 9.68. The summed E-state index contributed by atoms with van der Waals surface area (Å²) in [5.41, 5.74) is 3.57. The monoisotopic (exact) mass is 383 g/mol. The number of carbonyl (C=O) groups excluding carboxylic acids is 2. The van der Waals surface area contributed by atoms with Crippen molar-refractivity contribution in [2.75, 3.05) is 5.32 Å². The van der Waals surface area contributed by atoms with Crippen molar-refractivity contribution in [3.8, 4) is 0 Å². The molecule has 2 heterocycles. The van der Waals surface area contributed by atoms with E-state index in [1.54, 1.807) is 0 Å². The van der Waals surface area contributed by atoms with Crippen LogP contribution < -0.4 is 16.0 Å². The number of fused-ring (bicyclic) bond motifs is 1. The van der Waals surface area contributed by atoms with E-state index in [0.29, 0.717) is 17.9 Å². The number of aromatic nitrogens is 2. The van der Waals surface area contributed by atoms with E-state index in [0.717, 1.165) is 36.2 Å². The van der Waals surface area contributed by atoms with Crippen LogP contribution in [0.15, 0.2) is 24.3 Å². The van der Waals surface area contributed by atoms with Gasteiger partial charge in [0.2, 0.25) is 0 Å². The smallest absolute Gasteiger partial charge is 0.407 e. The number of hydrogen-bond acceptors (Lipinski definition) is 5. The van der Waals surface area contributed by atoms with Gasteiger partial charge in [0.25, 0.3) is 5.91 Å². The molecule has 0 bridgehead atoms. The number of anilines is 2. The molecule has 1 saturated carbocycles. The van der Waals surface area contributed by atoms with Crippen LogP contribution in [0.4, 0.5) is 16.3 Å². The van der Waals surface area contributed by atoms with E-state index in [2.05, 4.69) is 26.1 Å². The zero-order valence-electron chi connectivity index (χ0n) is 16.0. The number of aromatic amines is 1. The Labute approximate surface area is 163 Å². The van der Waals surface area contributed by atoms with E-state index in [9.17, 15) is 9.59 Å². The minimum Gasteiger partial charge on any atom is -0.446 e. The van der Waals surface area contributed by atoms with Crippen molar-refractivity contribution in [1.29, 1.82) is 0 Å². The molecule has 28 heavy (non-hydrogen) atoms. The molecular formula is C20H25N5O3. The van der Waals surface area contributed by atoms with Gasteiger partial charge in [-0.05, 0) is 50.8 Å². The predicted molar refractivity (Wildman–Crippen MR) is 105 cm³/mol. The third kappa shape index (κ3) is 3.95. The first-order valence-corrected chi connectivity index (χ1v) is 9.68. The largest absolute Gasteiger partial charge is 0.446 e. The maximum atomic E-state index is 11.8. The maximum Gasteiger partial charge on any atom is 0.407 e. The molecule has 148 valence electrons. The van der Waals surface area contributed by atoms with Gasteiger partial charge in [-0.25, -0.2) is 4.79 Å². The van der Waals surface area contributed by atoms with Crippen molar-refractivity contribution in [3.63, 3.8) is 0 Å². The van der Waals surface area contributed by atoms with Gasteiger partial charge in [0.05, 0.1) is 0 Å². The Morgan fingerprint density at radius 2 is 2.14 bits per heavy atom. The molecule has 2 amide bonds. The Morgan fingerprint density at radius 1 is 1.29 bits per heavy atom. The molecule has 0 unspecified atom stereocenters. The highest BCUT2D eigenvalue weighted by Gasteiger charge is 2.30. The number of H-pyrrole nitrogens is 1. The van der Waals surface area contributed by atoms with Gasteiger partial charge in [0.1, 0.15) is 6.10 Å². The molecule has 1 aromatic carbocycles. The van der Waals surface area contributed by atoms with Crippen LogP contribution in [0, 0.1) is 0 Å². The lowest BCUT2D eigenvalue weighted by atomic mass is 10.0. The second-order valence-corrected chi connectivity index (χ2v) is 7.72. The van der Waals surface area contributed by atoms with Gasteiger partial charge in [-0.15, -0.1) is 0 Å². The summed E-state index contributed by atoms with van der Waals surface area (Å²) in [5.74, 6) is 0.945. The van der Waals surface area contributed by atoms with E-state index >= 15 is 0 Å². The average Bonchev–Trinajstić information content (AvgIpc) is 3.36. The van der Waals surface area contributed by atoms with Gasteiger partial charge in [-0.1, -0.05) is 6.07 Å². The number of alkyl carbamates (subject to hydrolysis) is 1. The molecule has 8 heteroatoms. The maximum absolute atomic E-state index is 11.8. The third-order valence-corrected chi connectivity index (χ3v) is 5.17. The molecule has 1 fully saturated rings. The minimum absolute atomic E-state index is 0.0418. The lowest BCUT2D eigenvalue weighted by molar-refractivity contribution is 0.0962. The highest BCUT2D eigenvalue weighted by molar-refractivity contribution is 5.99. The molecule has 0 saturated heterocycles. The van der Waals surface area contributed by atoms with Gasteiger partial charge < -0.3 is 20.7 Å². The van der Waals surface area contributed by atoms with E-state index in [1.807, 2.05) is 38.1 Å². The van der Waals surface area contributed by atoms with Crippen LogP contribution in [0.2, 0.25) is 0 Å². The van der Waals surface area contributed by atoms with Crippen molar-refractivity contribution < 1.29 is 14.3 Å². The summed E-state index contributed by atoms with van der Waals surface area (Å²) in [5, 5.41) is 16.2. The fourth-order valence-electron chi connectivity index (χ4n) is 3.80. The predicted octanol–water partition coefficient (Wildman–Crippen LogP) is 3.17. The van der Waals surface area contributed by atoms with Crippen LogP contribution in [0.1, 0.15) is 60.6 Å². The number of nitrogens with one attached hydrogen (secondary N) is 4. The van der Waals surface area contributed by atoms with Gasteiger partial charge in [-0.2, -0.15) is 5.10 Å². The lowest BCUT2D eigenvalue weighted by Crippen LogP contribution is -2.33. The molecule has 1 aliphatic heterocycles. The van der Waals surface area contributed by atoms with Crippen LogP contribution in [-0.4, -0.2) is 34.3 Å². The van der Waals surface area contributed by atoms with Gasteiger partial charge in [0, 0.05) is 41.5 Å². The molecule has 1 aliphatic carbocycles. The Kier molecular flexibility index (Phi) is 4.93. The number of nitrogens with zero attached hydrogens (tertiary/aromatic N) is 1. The summed E-state index contributed by atoms with van der Waals surface area (Å²) in [4.78, 5) is 23.6. The van der Waals surface area contributed by atoms with Gasteiger partial charge in [0.15, 0.2) is 5.82 Å². The third-order valence-electron chi connectivity index (χ3n) is 5.17. The minimum atomic E-state index is -0.353. The first kappa shape index (κ1) is 18.3. The highest BCUT2D eigenvalue weighted by Crippen LogP contribution is 2.36. The summed E-state index contributed by atoms with van der Waals surface area (Å²) in [6.45, 7) is 4.40. The number of benzene rings is 1. The van der Waals surface area contributed by atoms with Crippen LogP contribution in [0.5, 0.6) is 0 Å². The molecule has 0 spiro atoms. The van der Waals surface area contributed by atoms with Crippen molar-refractivity contribution in [3.05, 3.63) is 41.1 Å². The number of carbonyl (C=O) groups is 2. The second-order valence-electron chi connectivity index (χ2n) is 7.72. The molecule has 2 atom stereocenters. The molecule has 4 N–H and O–H groups in total. The Morgan fingerprint density at radius 3 is 2.96 bits per heavy atom.